The van der Waals surface area contributed by atoms with E-state index in [1.165, 1.54) is 6.07 Å². The van der Waals surface area contributed by atoms with Gasteiger partial charge < -0.3 is 30.2 Å². The van der Waals surface area contributed by atoms with Crippen LogP contribution in [0.4, 0.5) is 10.5 Å². The Morgan fingerprint density at radius 2 is 1.52 bits per heavy atom. The number of carboxylic acids is 1. The number of hydrogen-bond donors (Lipinski definition) is 3. The van der Waals surface area contributed by atoms with Crippen molar-refractivity contribution in [2.75, 3.05) is 18.9 Å². The molecule has 40 heavy (non-hydrogen) atoms. The molecule has 1 heterocycles. The highest BCUT2D eigenvalue weighted by Gasteiger charge is 2.52. The van der Waals surface area contributed by atoms with Crippen molar-refractivity contribution < 1.29 is 28.7 Å². The molecule has 1 aliphatic carbocycles. The highest BCUT2D eigenvalue weighted by atomic mass is 16.7. The third-order valence-electron chi connectivity index (χ3n) is 8.04. The standard InChI is InChI=1S/C31H33BN2O6/c1-30(2)31(3,4)40-32(39-30)19(16-25-24(28(35)36)14-9-15-27(25)33)17-34-29(37)38-18-26-22-12-7-5-10-20(22)21-11-6-8-13-23(21)26/h5-16,26H,17-18,33H2,1-4H3,(H,34,37)(H,35,36). The first kappa shape index (κ1) is 27.5. The average molecular weight is 540 g/mol. The molecule has 0 bridgehead atoms. The van der Waals surface area contributed by atoms with Crippen molar-refractivity contribution >= 4 is 30.9 Å². The van der Waals surface area contributed by atoms with E-state index in [9.17, 15) is 14.7 Å². The van der Waals surface area contributed by atoms with E-state index in [2.05, 4.69) is 29.6 Å². The molecule has 8 nitrogen and oxygen atoms in total. The van der Waals surface area contributed by atoms with E-state index in [0.29, 0.717) is 11.0 Å². The van der Waals surface area contributed by atoms with E-state index in [-0.39, 0.29) is 30.3 Å². The number of hydrogen-bond acceptors (Lipinski definition) is 6. The monoisotopic (exact) mass is 540 g/mol. The number of nitrogen functional groups attached to an aromatic ring is 1. The lowest BCUT2D eigenvalue weighted by Gasteiger charge is -2.32. The lowest BCUT2D eigenvalue weighted by Crippen LogP contribution is -2.41. The molecule has 0 saturated carbocycles. The Morgan fingerprint density at radius 3 is 2.10 bits per heavy atom. The predicted molar refractivity (Wildman–Crippen MR) is 155 cm³/mol. The van der Waals surface area contributed by atoms with Crippen LogP contribution >= 0.6 is 0 Å². The molecule has 2 aliphatic rings. The van der Waals surface area contributed by atoms with Crippen LogP contribution in [0.5, 0.6) is 0 Å². The molecule has 1 fully saturated rings. The number of rotatable bonds is 7. The van der Waals surface area contributed by atoms with E-state index < -0.39 is 30.4 Å². The van der Waals surface area contributed by atoms with E-state index in [1.54, 1.807) is 18.2 Å². The Kier molecular flexibility index (Phi) is 7.20. The molecule has 1 saturated heterocycles. The normalized spacial score (nSPS) is 17.3. The van der Waals surface area contributed by atoms with Crippen LogP contribution in [0.2, 0.25) is 0 Å². The SMILES string of the molecule is CC1(C)OB(C(=Cc2c(N)cccc2C(=O)O)CNC(=O)OCC2c3ccccc3-c3ccccc32)OC1(C)C. The van der Waals surface area contributed by atoms with Gasteiger partial charge in [0, 0.05) is 23.7 Å². The topological polar surface area (TPSA) is 120 Å². The number of nitrogens with two attached hydrogens (primary N) is 1. The van der Waals surface area contributed by atoms with Crippen LogP contribution in [0.3, 0.4) is 0 Å². The minimum absolute atomic E-state index is 0.000887. The van der Waals surface area contributed by atoms with Crippen LogP contribution in [0.25, 0.3) is 17.2 Å². The van der Waals surface area contributed by atoms with Crippen LogP contribution in [-0.2, 0) is 14.0 Å². The van der Waals surface area contributed by atoms with E-state index >= 15 is 0 Å². The largest absolute Gasteiger partial charge is 0.492 e. The fraction of sp³-hybridized carbons (Fsp3) is 0.290. The molecule has 5 rings (SSSR count). The number of aromatic carboxylic acids is 1. The lowest BCUT2D eigenvalue weighted by atomic mass is 9.76. The maximum Gasteiger partial charge on any atom is 0.492 e. The zero-order chi connectivity index (χ0) is 28.7. The Balaban J connectivity index is 1.35. The molecule has 1 amide bonds. The van der Waals surface area contributed by atoms with Crippen molar-refractivity contribution in [3.05, 3.63) is 94.5 Å². The molecule has 206 valence electrons. The first-order chi connectivity index (χ1) is 19.0. The molecule has 0 unspecified atom stereocenters. The van der Waals surface area contributed by atoms with Gasteiger partial charge in [-0.2, -0.15) is 0 Å². The summed E-state index contributed by atoms with van der Waals surface area (Å²) < 4.78 is 18.1. The smallest absolute Gasteiger partial charge is 0.478 e. The number of fused-ring (bicyclic) bond motifs is 3. The summed E-state index contributed by atoms with van der Waals surface area (Å²) in [5.74, 6) is -1.19. The van der Waals surface area contributed by atoms with Crippen LogP contribution in [-0.4, -0.2) is 48.6 Å². The maximum atomic E-state index is 12.9. The van der Waals surface area contributed by atoms with Crippen molar-refractivity contribution in [1.82, 2.24) is 5.32 Å². The molecule has 0 aromatic heterocycles. The number of carbonyl (C=O) groups excluding carboxylic acids is 1. The van der Waals surface area contributed by atoms with Crippen LogP contribution < -0.4 is 11.1 Å². The van der Waals surface area contributed by atoms with Crippen molar-refractivity contribution in [2.24, 2.45) is 0 Å². The molecule has 1 aliphatic heterocycles. The minimum Gasteiger partial charge on any atom is -0.478 e. The number of alkyl carbamates (subject to hydrolysis) is 1. The number of ether oxygens (including phenoxy) is 1. The zero-order valence-electron chi connectivity index (χ0n) is 23.1. The highest BCUT2D eigenvalue weighted by molar-refractivity contribution is 6.56. The lowest BCUT2D eigenvalue weighted by molar-refractivity contribution is 0.00578. The number of benzene rings is 3. The summed E-state index contributed by atoms with van der Waals surface area (Å²) in [5.41, 5.74) is 10.6. The molecule has 4 N–H and O–H groups in total. The Morgan fingerprint density at radius 1 is 0.950 bits per heavy atom. The summed E-state index contributed by atoms with van der Waals surface area (Å²) in [5, 5.41) is 12.5. The summed E-state index contributed by atoms with van der Waals surface area (Å²) in [7, 11) is -0.833. The average Bonchev–Trinajstić information content (AvgIpc) is 3.34. The first-order valence-electron chi connectivity index (χ1n) is 13.3. The summed E-state index contributed by atoms with van der Waals surface area (Å²) in [6.45, 7) is 7.85. The third kappa shape index (κ3) is 5.10. The fourth-order valence-electron chi connectivity index (χ4n) is 5.14. The molecule has 9 heteroatoms. The number of carboxylic acid groups (broad SMARTS) is 1. The summed E-state index contributed by atoms with van der Waals surface area (Å²) in [4.78, 5) is 24.8. The highest BCUT2D eigenvalue weighted by Crippen LogP contribution is 2.44. The summed E-state index contributed by atoms with van der Waals surface area (Å²) >= 11 is 0. The van der Waals surface area contributed by atoms with Gasteiger partial charge >= 0.3 is 19.2 Å². The van der Waals surface area contributed by atoms with Gasteiger partial charge in [-0.05, 0) is 67.6 Å². The number of amides is 1. The van der Waals surface area contributed by atoms with Gasteiger partial charge in [0.25, 0.3) is 0 Å². The second-order valence-corrected chi connectivity index (χ2v) is 11.1. The zero-order valence-corrected chi connectivity index (χ0v) is 23.1. The van der Waals surface area contributed by atoms with Gasteiger partial charge in [-0.1, -0.05) is 60.7 Å². The molecule has 0 radical (unpaired) electrons. The second kappa shape index (κ2) is 10.5. The molecular formula is C31H33BN2O6. The van der Waals surface area contributed by atoms with Crippen molar-refractivity contribution in [3.8, 4) is 11.1 Å². The molecule has 3 aromatic rings. The minimum atomic E-state index is -1.11. The number of carbonyl (C=O) groups is 2. The number of nitrogens with one attached hydrogen (secondary N) is 1. The van der Waals surface area contributed by atoms with Gasteiger partial charge in [0.15, 0.2) is 0 Å². The van der Waals surface area contributed by atoms with Gasteiger partial charge in [0.1, 0.15) is 6.61 Å². The molecule has 0 spiro atoms. The van der Waals surface area contributed by atoms with Gasteiger partial charge in [0.05, 0.1) is 16.8 Å². The Labute approximate surface area is 234 Å². The maximum absolute atomic E-state index is 12.9. The van der Waals surface area contributed by atoms with Crippen LogP contribution in [0.1, 0.15) is 60.7 Å². The van der Waals surface area contributed by atoms with E-state index in [1.807, 2.05) is 52.0 Å². The van der Waals surface area contributed by atoms with Crippen LogP contribution in [0.15, 0.2) is 72.2 Å². The molecular weight excluding hydrogens is 507 g/mol. The van der Waals surface area contributed by atoms with Crippen molar-refractivity contribution in [3.63, 3.8) is 0 Å². The van der Waals surface area contributed by atoms with Gasteiger partial charge in [-0.3, -0.25) is 0 Å². The van der Waals surface area contributed by atoms with Gasteiger partial charge in [-0.25, -0.2) is 9.59 Å². The van der Waals surface area contributed by atoms with Gasteiger partial charge in [0.2, 0.25) is 0 Å². The second-order valence-electron chi connectivity index (χ2n) is 11.1. The summed E-state index contributed by atoms with van der Waals surface area (Å²) in [6.07, 6.45) is 1.01. The van der Waals surface area contributed by atoms with Gasteiger partial charge in [-0.15, -0.1) is 0 Å². The number of anilines is 1. The van der Waals surface area contributed by atoms with Crippen LogP contribution in [0, 0.1) is 0 Å². The quantitative estimate of drug-likeness (QED) is 0.267. The van der Waals surface area contributed by atoms with Crippen molar-refractivity contribution in [1.29, 1.82) is 0 Å². The Hall–Kier alpha value is -4.08. The van der Waals surface area contributed by atoms with E-state index in [0.717, 1.165) is 22.3 Å². The van der Waals surface area contributed by atoms with E-state index in [4.69, 9.17) is 19.8 Å². The third-order valence-corrected chi connectivity index (χ3v) is 8.04. The molecule has 0 atom stereocenters. The fourth-order valence-corrected chi connectivity index (χ4v) is 5.14. The Bertz CT molecular complexity index is 1440. The molecule has 3 aromatic carbocycles. The summed E-state index contributed by atoms with van der Waals surface area (Å²) in [6, 6.07) is 20.9. The first-order valence-corrected chi connectivity index (χ1v) is 13.3. The predicted octanol–water partition coefficient (Wildman–Crippen LogP) is 5.52. The van der Waals surface area contributed by atoms with Crippen molar-refractivity contribution in [2.45, 2.75) is 44.8 Å².